The Hall–Kier alpha value is -2.94. The summed E-state index contributed by atoms with van der Waals surface area (Å²) in [6, 6.07) is 24.5. The van der Waals surface area contributed by atoms with Gasteiger partial charge in [-0.25, -0.2) is 0 Å². The predicted octanol–water partition coefficient (Wildman–Crippen LogP) is 5.60. The van der Waals surface area contributed by atoms with Crippen LogP contribution in [-0.2, 0) is 0 Å². The lowest BCUT2D eigenvalue weighted by Gasteiger charge is -2.34. The maximum absolute atomic E-state index is 5.63. The van der Waals surface area contributed by atoms with E-state index < -0.39 is 0 Å². The molecule has 1 aliphatic rings. The standard InChI is InChI=1S/C23H22N2O/c1-15-14-21(18-10-7-13-22(26-2)23(18)24-15)25-19-11-5-3-8-16(19)17-9-4-6-12-20(17)25/h3-13,15,21,24H,14H2,1-2H3. The first-order valence-electron chi connectivity index (χ1n) is 9.19. The second-order valence-electron chi connectivity index (χ2n) is 7.13. The van der Waals surface area contributed by atoms with Crippen LogP contribution in [0.3, 0.4) is 0 Å². The van der Waals surface area contributed by atoms with Crippen molar-refractivity contribution < 1.29 is 4.74 Å². The second-order valence-corrected chi connectivity index (χ2v) is 7.13. The van der Waals surface area contributed by atoms with Crippen LogP contribution < -0.4 is 10.1 Å². The first-order chi connectivity index (χ1) is 12.8. The Morgan fingerprint density at radius 1 is 0.885 bits per heavy atom. The number of benzene rings is 3. The third-order valence-electron chi connectivity index (χ3n) is 5.53. The zero-order valence-corrected chi connectivity index (χ0v) is 15.1. The highest BCUT2D eigenvalue weighted by Gasteiger charge is 2.29. The molecule has 3 nitrogen and oxygen atoms in total. The van der Waals surface area contributed by atoms with E-state index >= 15 is 0 Å². The predicted molar refractivity (Wildman–Crippen MR) is 108 cm³/mol. The van der Waals surface area contributed by atoms with Gasteiger partial charge >= 0.3 is 0 Å². The molecule has 0 aliphatic carbocycles. The van der Waals surface area contributed by atoms with E-state index in [2.05, 4.69) is 77.5 Å². The molecule has 0 fully saturated rings. The largest absolute Gasteiger partial charge is 0.495 e. The molecule has 1 aliphatic heterocycles. The summed E-state index contributed by atoms with van der Waals surface area (Å²) in [5, 5.41) is 6.27. The summed E-state index contributed by atoms with van der Waals surface area (Å²) >= 11 is 0. The highest BCUT2D eigenvalue weighted by Crippen LogP contribution is 2.44. The summed E-state index contributed by atoms with van der Waals surface area (Å²) in [6.07, 6.45) is 1.04. The zero-order valence-electron chi connectivity index (χ0n) is 15.1. The van der Waals surface area contributed by atoms with Crippen molar-refractivity contribution in [2.45, 2.75) is 25.4 Å². The Morgan fingerprint density at radius 3 is 2.19 bits per heavy atom. The van der Waals surface area contributed by atoms with Crippen molar-refractivity contribution in [3.8, 4) is 5.75 Å². The SMILES string of the molecule is COc1cccc2c1NC(C)CC2n1c2ccccc2c2ccccc21. The lowest BCUT2D eigenvalue weighted by atomic mass is 9.92. The first kappa shape index (κ1) is 15.3. The van der Waals surface area contributed by atoms with Crippen molar-refractivity contribution in [2.75, 3.05) is 12.4 Å². The van der Waals surface area contributed by atoms with Gasteiger partial charge in [0, 0.05) is 33.4 Å². The highest BCUT2D eigenvalue weighted by molar-refractivity contribution is 6.08. The van der Waals surface area contributed by atoms with Crippen LogP contribution in [0, 0.1) is 0 Å². The fourth-order valence-electron chi connectivity index (χ4n) is 4.45. The summed E-state index contributed by atoms with van der Waals surface area (Å²) in [5.41, 5.74) is 5.01. The molecule has 0 radical (unpaired) electrons. The molecule has 26 heavy (non-hydrogen) atoms. The van der Waals surface area contributed by atoms with E-state index in [1.165, 1.54) is 27.4 Å². The summed E-state index contributed by atoms with van der Waals surface area (Å²) < 4.78 is 8.14. The summed E-state index contributed by atoms with van der Waals surface area (Å²) in [5.74, 6) is 0.916. The topological polar surface area (TPSA) is 26.2 Å². The van der Waals surface area contributed by atoms with Gasteiger partial charge in [-0.05, 0) is 31.5 Å². The van der Waals surface area contributed by atoms with E-state index in [-0.39, 0.29) is 6.04 Å². The molecule has 0 amide bonds. The number of nitrogens with zero attached hydrogens (tertiary/aromatic N) is 1. The van der Waals surface area contributed by atoms with Crippen molar-refractivity contribution in [2.24, 2.45) is 0 Å². The highest BCUT2D eigenvalue weighted by atomic mass is 16.5. The number of rotatable bonds is 2. The van der Waals surface area contributed by atoms with Crippen LogP contribution in [0.15, 0.2) is 66.7 Å². The molecule has 2 heterocycles. The van der Waals surface area contributed by atoms with Gasteiger partial charge in [-0.1, -0.05) is 48.5 Å². The molecule has 4 aromatic rings. The monoisotopic (exact) mass is 342 g/mol. The number of anilines is 1. The van der Waals surface area contributed by atoms with Gasteiger partial charge < -0.3 is 14.6 Å². The molecule has 130 valence electrons. The Bertz CT molecular complexity index is 1060. The van der Waals surface area contributed by atoms with E-state index in [9.17, 15) is 0 Å². The Kier molecular flexibility index (Phi) is 3.42. The van der Waals surface area contributed by atoms with Crippen LogP contribution in [0.4, 0.5) is 5.69 Å². The van der Waals surface area contributed by atoms with Gasteiger partial charge in [0.2, 0.25) is 0 Å². The van der Waals surface area contributed by atoms with E-state index in [1.54, 1.807) is 7.11 Å². The molecule has 3 aromatic carbocycles. The van der Waals surface area contributed by atoms with E-state index in [0.717, 1.165) is 17.9 Å². The molecular weight excluding hydrogens is 320 g/mol. The fraction of sp³-hybridized carbons (Fsp3) is 0.217. The van der Waals surface area contributed by atoms with Crippen LogP contribution >= 0.6 is 0 Å². The van der Waals surface area contributed by atoms with Crippen LogP contribution in [0.5, 0.6) is 5.75 Å². The number of ether oxygens (including phenoxy) is 1. The molecule has 0 saturated carbocycles. The number of hydrogen-bond donors (Lipinski definition) is 1. The number of hydrogen-bond acceptors (Lipinski definition) is 2. The third-order valence-corrected chi connectivity index (χ3v) is 5.53. The average Bonchev–Trinajstić information content (AvgIpc) is 3.01. The van der Waals surface area contributed by atoms with Gasteiger partial charge in [-0.15, -0.1) is 0 Å². The third kappa shape index (κ3) is 2.13. The van der Waals surface area contributed by atoms with Crippen LogP contribution in [0.1, 0.15) is 24.9 Å². The number of aromatic nitrogens is 1. The smallest absolute Gasteiger partial charge is 0.142 e. The Labute approximate surface area is 153 Å². The van der Waals surface area contributed by atoms with Crippen LogP contribution in [-0.4, -0.2) is 17.7 Å². The zero-order chi connectivity index (χ0) is 17.7. The number of fused-ring (bicyclic) bond motifs is 4. The van der Waals surface area contributed by atoms with Gasteiger partial charge in [0.15, 0.2) is 0 Å². The number of para-hydroxylation sites is 3. The minimum absolute atomic E-state index is 0.279. The van der Waals surface area contributed by atoms with E-state index in [4.69, 9.17) is 4.74 Å². The van der Waals surface area contributed by atoms with Crippen molar-refractivity contribution in [1.29, 1.82) is 0 Å². The van der Waals surface area contributed by atoms with Gasteiger partial charge in [0.1, 0.15) is 5.75 Å². The minimum Gasteiger partial charge on any atom is -0.495 e. The Morgan fingerprint density at radius 2 is 1.54 bits per heavy atom. The maximum atomic E-state index is 5.63. The lowest BCUT2D eigenvalue weighted by Crippen LogP contribution is -2.29. The molecule has 2 unspecified atom stereocenters. The normalized spacial score (nSPS) is 19.3. The first-order valence-corrected chi connectivity index (χ1v) is 9.19. The van der Waals surface area contributed by atoms with E-state index in [0.29, 0.717) is 6.04 Å². The summed E-state index contributed by atoms with van der Waals surface area (Å²) in [4.78, 5) is 0. The second kappa shape index (κ2) is 5.80. The fourth-order valence-corrected chi connectivity index (χ4v) is 4.45. The summed E-state index contributed by atoms with van der Waals surface area (Å²) in [7, 11) is 1.74. The van der Waals surface area contributed by atoms with Crippen molar-refractivity contribution >= 4 is 27.5 Å². The molecular formula is C23H22N2O. The van der Waals surface area contributed by atoms with Crippen molar-refractivity contribution in [1.82, 2.24) is 4.57 Å². The Balaban J connectivity index is 1.84. The van der Waals surface area contributed by atoms with Crippen molar-refractivity contribution in [3.63, 3.8) is 0 Å². The quantitative estimate of drug-likeness (QED) is 0.513. The average molecular weight is 342 g/mol. The van der Waals surface area contributed by atoms with Gasteiger partial charge in [-0.2, -0.15) is 0 Å². The van der Waals surface area contributed by atoms with Gasteiger partial charge in [-0.3, -0.25) is 0 Å². The molecule has 3 heteroatoms. The molecule has 0 spiro atoms. The summed E-state index contributed by atoms with van der Waals surface area (Å²) in [6.45, 7) is 2.25. The lowest BCUT2D eigenvalue weighted by molar-refractivity contribution is 0.411. The van der Waals surface area contributed by atoms with Crippen LogP contribution in [0.2, 0.25) is 0 Å². The van der Waals surface area contributed by atoms with Gasteiger partial charge in [0.25, 0.3) is 0 Å². The molecule has 0 saturated heterocycles. The molecule has 5 rings (SSSR count). The number of nitrogens with one attached hydrogen (secondary N) is 1. The molecule has 1 aromatic heterocycles. The molecule has 2 atom stereocenters. The molecule has 0 bridgehead atoms. The molecule has 1 N–H and O–H groups in total. The maximum Gasteiger partial charge on any atom is 0.142 e. The van der Waals surface area contributed by atoms with Gasteiger partial charge in [0.05, 0.1) is 18.8 Å². The van der Waals surface area contributed by atoms with Crippen molar-refractivity contribution in [3.05, 3.63) is 72.3 Å². The van der Waals surface area contributed by atoms with Crippen LogP contribution in [0.25, 0.3) is 21.8 Å². The number of methoxy groups -OCH3 is 1. The van der Waals surface area contributed by atoms with E-state index in [1.807, 2.05) is 6.07 Å². The minimum atomic E-state index is 0.279.